The largest absolute Gasteiger partial charge is 0.357 e. The Morgan fingerprint density at radius 1 is 1.30 bits per heavy atom. The molecule has 0 spiro atoms. The monoisotopic (exact) mass is 336 g/mol. The molecule has 0 aliphatic carbocycles. The highest BCUT2D eigenvalue weighted by Crippen LogP contribution is 2.20. The Morgan fingerprint density at radius 3 is 2.83 bits per heavy atom. The molecule has 1 atom stereocenters. The Kier molecular flexibility index (Phi) is 8.47. The number of hydrogen-bond donors (Lipinski definition) is 2. The molecule has 1 aliphatic heterocycles. The number of thiophene rings is 1. The summed E-state index contributed by atoms with van der Waals surface area (Å²) in [6.45, 7) is 11.0. The second-order valence-corrected chi connectivity index (χ2v) is 7.30. The summed E-state index contributed by atoms with van der Waals surface area (Å²) in [4.78, 5) is 8.73. The molecule has 0 aromatic carbocycles. The van der Waals surface area contributed by atoms with E-state index in [2.05, 4.69) is 46.9 Å². The van der Waals surface area contributed by atoms with Gasteiger partial charge in [-0.1, -0.05) is 13.0 Å². The normalized spacial score (nSPS) is 17.4. The van der Waals surface area contributed by atoms with Crippen LogP contribution in [-0.2, 0) is 0 Å². The van der Waals surface area contributed by atoms with Gasteiger partial charge in [-0.25, -0.2) is 0 Å². The molecule has 0 radical (unpaired) electrons. The molecule has 4 nitrogen and oxygen atoms in total. The number of likely N-dealkylation sites (tertiary alicyclic amines) is 1. The zero-order chi connectivity index (χ0) is 16.3. The van der Waals surface area contributed by atoms with Crippen molar-refractivity contribution in [3.05, 3.63) is 22.4 Å². The summed E-state index contributed by atoms with van der Waals surface area (Å²) >= 11 is 1.82. The molecule has 5 heteroatoms. The zero-order valence-corrected chi connectivity index (χ0v) is 15.5. The first-order valence-corrected chi connectivity index (χ1v) is 9.95. The average molecular weight is 337 g/mol. The van der Waals surface area contributed by atoms with E-state index in [1.165, 1.54) is 50.2 Å². The molecule has 1 aliphatic rings. The maximum absolute atomic E-state index is 4.74. The van der Waals surface area contributed by atoms with Crippen LogP contribution in [0.2, 0.25) is 0 Å². The quantitative estimate of drug-likeness (QED) is 0.413. The van der Waals surface area contributed by atoms with Crippen LogP contribution in [0.25, 0.3) is 0 Å². The van der Waals surface area contributed by atoms with Crippen molar-refractivity contribution >= 4 is 17.3 Å². The second kappa shape index (κ2) is 10.7. The maximum Gasteiger partial charge on any atom is 0.191 e. The maximum atomic E-state index is 4.74. The van der Waals surface area contributed by atoms with E-state index in [4.69, 9.17) is 4.99 Å². The van der Waals surface area contributed by atoms with Crippen LogP contribution in [0.15, 0.2) is 22.5 Å². The van der Waals surface area contributed by atoms with Gasteiger partial charge in [-0.05, 0) is 63.7 Å². The lowest BCUT2D eigenvalue weighted by molar-refractivity contribution is 0.330. The van der Waals surface area contributed by atoms with Gasteiger partial charge in [0.2, 0.25) is 0 Å². The van der Waals surface area contributed by atoms with E-state index in [-0.39, 0.29) is 0 Å². The van der Waals surface area contributed by atoms with Crippen LogP contribution in [0.3, 0.4) is 0 Å². The highest BCUT2D eigenvalue weighted by molar-refractivity contribution is 7.10. The summed E-state index contributed by atoms with van der Waals surface area (Å²) in [6.07, 6.45) is 5.26. The molecule has 1 fully saturated rings. The molecular weight excluding hydrogens is 304 g/mol. The fourth-order valence-corrected chi connectivity index (χ4v) is 3.68. The SMILES string of the molecule is CCNC(=NCC(C)c1cccs1)NCCCCN1CCCC1. The fourth-order valence-electron chi connectivity index (χ4n) is 2.91. The fraction of sp³-hybridized carbons (Fsp3) is 0.722. The van der Waals surface area contributed by atoms with Crippen LogP contribution < -0.4 is 10.6 Å². The van der Waals surface area contributed by atoms with E-state index < -0.39 is 0 Å². The van der Waals surface area contributed by atoms with E-state index in [1.807, 2.05) is 11.3 Å². The molecule has 130 valence electrons. The number of nitrogens with zero attached hydrogens (tertiary/aromatic N) is 2. The minimum absolute atomic E-state index is 0.487. The lowest BCUT2D eigenvalue weighted by Crippen LogP contribution is -2.38. The molecule has 2 rings (SSSR count). The summed E-state index contributed by atoms with van der Waals surface area (Å²) in [5, 5.41) is 8.96. The molecule has 0 saturated carbocycles. The highest BCUT2D eigenvalue weighted by Gasteiger charge is 2.10. The minimum Gasteiger partial charge on any atom is -0.357 e. The van der Waals surface area contributed by atoms with Crippen LogP contribution >= 0.6 is 11.3 Å². The summed E-state index contributed by atoms with van der Waals surface area (Å²) in [6, 6.07) is 4.31. The standard InChI is InChI=1S/C18H32N4S/c1-3-19-18(21-15-16(2)17-9-8-14-23-17)20-10-4-5-11-22-12-6-7-13-22/h8-9,14,16H,3-7,10-13,15H2,1-2H3,(H2,19,20,21). The first-order chi connectivity index (χ1) is 11.3. The summed E-state index contributed by atoms with van der Waals surface area (Å²) in [5.74, 6) is 1.44. The van der Waals surface area contributed by atoms with Crippen LogP contribution in [0.5, 0.6) is 0 Å². The number of aliphatic imine (C=N–C) groups is 1. The molecule has 1 unspecified atom stereocenters. The average Bonchev–Trinajstić information content (AvgIpc) is 3.25. The Balaban J connectivity index is 1.64. The Morgan fingerprint density at radius 2 is 2.13 bits per heavy atom. The predicted octanol–water partition coefficient (Wildman–Crippen LogP) is 3.28. The van der Waals surface area contributed by atoms with Crippen LogP contribution in [-0.4, -0.2) is 50.1 Å². The first-order valence-electron chi connectivity index (χ1n) is 9.07. The summed E-state index contributed by atoms with van der Waals surface area (Å²) < 4.78 is 0. The van der Waals surface area contributed by atoms with E-state index in [9.17, 15) is 0 Å². The van der Waals surface area contributed by atoms with Crippen molar-refractivity contribution in [3.63, 3.8) is 0 Å². The molecule has 1 aromatic rings. The number of hydrogen-bond acceptors (Lipinski definition) is 3. The molecule has 23 heavy (non-hydrogen) atoms. The van der Waals surface area contributed by atoms with E-state index in [0.29, 0.717) is 5.92 Å². The van der Waals surface area contributed by atoms with Gasteiger partial charge in [-0.2, -0.15) is 0 Å². The van der Waals surface area contributed by atoms with E-state index in [0.717, 1.165) is 25.6 Å². The minimum atomic E-state index is 0.487. The van der Waals surface area contributed by atoms with Gasteiger partial charge in [-0.15, -0.1) is 11.3 Å². The topological polar surface area (TPSA) is 39.7 Å². The van der Waals surface area contributed by atoms with Crippen molar-refractivity contribution in [1.82, 2.24) is 15.5 Å². The van der Waals surface area contributed by atoms with E-state index >= 15 is 0 Å². The molecule has 0 bridgehead atoms. The predicted molar refractivity (Wildman–Crippen MR) is 102 cm³/mol. The molecular formula is C18H32N4S. The Bertz CT molecular complexity index is 438. The van der Waals surface area contributed by atoms with Gasteiger partial charge in [0, 0.05) is 23.9 Å². The van der Waals surface area contributed by atoms with Crippen molar-refractivity contribution in [2.45, 2.75) is 45.4 Å². The summed E-state index contributed by atoms with van der Waals surface area (Å²) in [7, 11) is 0. The van der Waals surface area contributed by atoms with Crippen LogP contribution in [0.1, 0.15) is 50.3 Å². The van der Waals surface area contributed by atoms with Crippen LogP contribution in [0.4, 0.5) is 0 Å². The third-order valence-corrected chi connectivity index (χ3v) is 5.39. The van der Waals surface area contributed by atoms with E-state index in [1.54, 1.807) is 0 Å². The number of unbranched alkanes of at least 4 members (excludes halogenated alkanes) is 1. The first kappa shape index (κ1) is 18.3. The highest BCUT2D eigenvalue weighted by atomic mass is 32.1. The third kappa shape index (κ3) is 6.92. The third-order valence-electron chi connectivity index (χ3n) is 4.29. The van der Waals surface area contributed by atoms with Crippen molar-refractivity contribution in [3.8, 4) is 0 Å². The smallest absolute Gasteiger partial charge is 0.191 e. The molecule has 2 N–H and O–H groups in total. The molecule has 0 amide bonds. The van der Waals surface area contributed by atoms with Crippen molar-refractivity contribution in [2.24, 2.45) is 4.99 Å². The van der Waals surface area contributed by atoms with Crippen LogP contribution in [0, 0.1) is 0 Å². The van der Waals surface area contributed by atoms with Gasteiger partial charge < -0.3 is 15.5 Å². The molecule has 1 aromatic heterocycles. The van der Waals surface area contributed by atoms with Crippen molar-refractivity contribution in [2.75, 3.05) is 39.3 Å². The number of nitrogens with one attached hydrogen (secondary N) is 2. The van der Waals surface area contributed by atoms with Gasteiger partial charge >= 0.3 is 0 Å². The van der Waals surface area contributed by atoms with Crippen molar-refractivity contribution in [1.29, 1.82) is 0 Å². The lowest BCUT2D eigenvalue weighted by Gasteiger charge is -2.15. The van der Waals surface area contributed by atoms with Gasteiger partial charge in [-0.3, -0.25) is 4.99 Å². The van der Waals surface area contributed by atoms with Gasteiger partial charge in [0.1, 0.15) is 0 Å². The molecule has 1 saturated heterocycles. The van der Waals surface area contributed by atoms with Gasteiger partial charge in [0.25, 0.3) is 0 Å². The molecule has 2 heterocycles. The number of guanidine groups is 1. The second-order valence-electron chi connectivity index (χ2n) is 6.32. The number of rotatable bonds is 9. The Labute approximate surface area is 145 Å². The van der Waals surface area contributed by atoms with Crippen molar-refractivity contribution < 1.29 is 0 Å². The van der Waals surface area contributed by atoms with Gasteiger partial charge in [0.05, 0.1) is 6.54 Å². The lowest BCUT2D eigenvalue weighted by atomic mass is 10.1. The van der Waals surface area contributed by atoms with Gasteiger partial charge in [0.15, 0.2) is 5.96 Å². The summed E-state index contributed by atoms with van der Waals surface area (Å²) in [5.41, 5.74) is 0. The zero-order valence-electron chi connectivity index (χ0n) is 14.7. The Hall–Kier alpha value is -1.07.